The van der Waals surface area contributed by atoms with Crippen molar-refractivity contribution in [3.63, 3.8) is 0 Å². The number of nitro groups is 1. The molecule has 1 atom stereocenters. The summed E-state index contributed by atoms with van der Waals surface area (Å²) in [6, 6.07) is 13.2. The lowest BCUT2D eigenvalue weighted by atomic mass is 10.1. The number of nitrogens with one attached hydrogen (secondary N) is 1. The van der Waals surface area contributed by atoms with Crippen molar-refractivity contribution in [2.45, 2.75) is 19.6 Å². The Balaban J connectivity index is 1.87. The quantitative estimate of drug-likeness (QED) is 0.324. The molecule has 0 aromatic heterocycles. The van der Waals surface area contributed by atoms with Crippen LogP contribution >= 0.6 is 0 Å². The van der Waals surface area contributed by atoms with Crippen molar-refractivity contribution in [3.05, 3.63) is 75.8 Å². The third-order valence-corrected chi connectivity index (χ3v) is 3.82. The normalized spacial score (nSPS) is 11.6. The van der Waals surface area contributed by atoms with Gasteiger partial charge in [0.1, 0.15) is 5.75 Å². The molecule has 8 heteroatoms. The number of carbonyl (C=O) groups is 2. The fraction of sp³-hybridized carbons (Fsp3) is 0.200. The summed E-state index contributed by atoms with van der Waals surface area (Å²) >= 11 is 0. The summed E-state index contributed by atoms with van der Waals surface area (Å²) in [5.41, 5.74) is 1.00. The van der Waals surface area contributed by atoms with Crippen molar-refractivity contribution in [2.24, 2.45) is 0 Å². The van der Waals surface area contributed by atoms with Crippen LogP contribution in [0.2, 0.25) is 0 Å². The van der Waals surface area contributed by atoms with Crippen molar-refractivity contribution in [2.75, 3.05) is 7.11 Å². The Hall–Kier alpha value is -3.68. The Morgan fingerprint density at radius 2 is 1.86 bits per heavy atom. The van der Waals surface area contributed by atoms with Crippen molar-refractivity contribution in [3.8, 4) is 5.75 Å². The number of amides is 1. The SMILES string of the molecule is COc1ccc(CNC(=O)[C@@H](C)OC(=O)/C=C/c2ccccc2[N+](=O)[O-])cc1. The van der Waals surface area contributed by atoms with Crippen LogP contribution in [0.25, 0.3) is 6.08 Å². The molecule has 0 spiro atoms. The van der Waals surface area contributed by atoms with Gasteiger partial charge in [0.15, 0.2) is 6.10 Å². The number of esters is 1. The molecule has 2 aromatic carbocycles. The van der Waals surface area contributed by atoms with Crippen LogP contribution in [0, 0.1) is 10.1 Å². The first-order chi connectivity index (χ1) is 13.4. The molecule has 0 saturated heterocycles. The minimum Gasteiger partial charge on any atom is -0.497 e. The minimum absolute atomic E-state index is 0.128. The van der Waals surface area contributed by atoms with Gasteiger partial charge in [-0.25, -0.2) is 4.79 Å². The second kappa shape index (κ2) is 9.86. The molecule has 2 aromatic rings. The predicted octanol–water partition coefficient (Wildman–Crippen LogP) is 2.86. The maximum atomic E-state index is 12.1. The second-order valence-corrected chi connectivity index (χ2v) is 5.79. The number of ether oxygens (including phenoxy) is 2. The fourth-order valence-corrected chi connectivity index (χ4v) is 2.30. The van der Waals surface area contributed by atoms with E-state index in [4.69, 9.17) is 9.47 Å². The third kappa shape index (κ3) is 5.94. The maximum absolute atomic E-state index is 12.1. The van der Waals surface area contributed by atoms with Crippen LogP contribution in [0.1, 0.15) is 18.1 Å². The molecule has 1 N–H and O–H groups in total. The third-order valence-electron chi connectivity index (χ3n) is 3.82. The number of hydrogen-bond acceptors (Lipinski definition) is 6. The Morgan fingerprint density at radius 3 is 2.50 bits per heavy atom. The highest BCUT2D eigenvalue weighted by atomic mass is 16.6. The summed E-state index contributed by atoms with van der Waals surface area (Å²) in [6.07, 6.45) is 1.32. The molecule has 28 heavy (non-hydrogen) atoms. The smallest absolute Gasteiger partial charge is 0.331 e. The van der Waals surface area contributed by atoms with Gasteiger partial charge < -0.3 is 14.8 Å². The number of para-hydroxylation sites is 1. The summed E-state index contributed by atoms with van der Waals surface area (Å²) in [5.74, 6) is -0.517. The number of carbonyl (C=O) groups excluding carboxylic acids is 2. The van der Waals surface area contributed by atoms with Gasteiger partial charge in [-0.3, -0.25) is 14.9 Å². The maximum Gasteiger partial charge on any atom is 0.331 e. The molecule has 1 amide bonds. The van der Waals surface area contributed by atoms with Crippen molar-refractivity contribution in [1.82, 2.24) is 5.32 Å². The van der Waals surface area contributed by atoms with E-state index >= 15 is 0 Å². The number of nitro benzene ring substituents is 1. The van der Waals surface area contributed by atoms with E-state index in [1.807, 2.05) is 12.1 Å². The van der Waals surface area contributed by atoms with E-state index < -0.39 is 22.9 Å². The van der Waals surface area contributed by atoms with Gasteiger partial charge in [0, 0.05) is 18.7 Å². The van der Waals surface area contributed by atoms with Crippen LogP contribution in [0.3, 0.4) is 0 Å². The number of rotatable bonds is 8. The topological polar surface area (TPSA) is 108 Å². The van der Waals surface area contributed by atoms with Crippen molar-refractivity contribution in [1.29, 1.82) is 0 Å². The average Bonchev–Trinajstić information content (AvgIpc) is 2.70. The predicted molar refractivity (Wildman–Crippen MR) is 103 cm³/mol. The van der Waals surface area contributed by atoms with Gasteiger partial charge in [-0.05, 0) is 36.8 Å². The average molecular weight is 384 g/mol. The van der Waals surface area contributed by atoms with E-state index in [0.29, 0.717) is 5.75 Å². The molecule has 0 radical (unpaired) electrons. The summed E-state index contributed by atoms with van der Waals surface area (Å²) < 4.78 is 10.1. The van der Waals surface area contributed by atoms with Gasteiger partial charge in [-0.2, -0.15) is 0 Å². The van der Waals surface area contributed by atoms with Gasteiger partial charge in [-0.1, -0.05) is 24.3 Å². The van der Waals surface area contributed by atoms with Crippen LogP contribution in [-0.4, -0.2) is 30.0 Å². The summed E-state index contributed by atoms with van der Waals surface area (Å²) in [6.45, 7) is 1.72. The first-order valence-corrected chi connectivity index (χ1v) is 8.43. The molecule has 0 heterocycles. The molecule has 0 aliphatic rings. The highest BCUT2D eigenvalue weighted by Gasteiger charge is 2.16. The minimum atomic E-state index is -1.01. The van der Waals surface area contributed by atoms with Gasteiger partial charge in [0.2, 0.25) is 0 Å². The lowest BCUT2D eigenvalue weighted by Crippen LogP contribution is -2.35. The Kier molecular flexibility index (Phi) is 7.27. The van der Waals surface area contributed by atoms with Gasteiger partial charge in [-0.15, -0.1) is 0 Å². The zero-order chi connectivity index (χ0) is 20.5. The first-order valence-electron chi connectivity index (χ1n) is 8.43. The Labute approximate surface area is 161 Å². The number of hydrogen-bond donors (Lipinski definition) is 1. The molecule has 0 unspecified atom stereocenters. The fourth-order valence-electron chi connectivity index (χ4n) is 2.30. The molecule has 0 aliphatic heterocycles. The van der Waals surface area contributed by atoms with Gasteiger partial charge in [0.05, 0.1) is 17.6 Å². The lowest BCUT2D eigenvalue weighted by Gasteiger charge is -2.12. The molecule has 0 bridgehead atoms. The molecule has 0 fully saturated rings. The highest BCUT2D eigenvalue weighted by Crippen LogP contribution is 2.19. The van der Waals surface area contributed by atoms with E-state index in [2.05, 4.69) is 5.32 Å². The molecule has 2 rings (SSSR count). The van der Waals surface area contributed by atoms with Crippen molar-refractivity contribution >= 4 is 23.6 Å². The van der Waals surface area contributed by atoms with E-state index in [1.165, 1.54) is 31.2 Å². The number of benzene rings is 2. The number of nitrogens with zero attached hydrogens (tertiary/aromatic N) is 1. The zero-order valence-electron chi connectivity index (χ0n) is 15.5. The Morgan fingerprint density at radius 1 is 1.18 bits per heavy atom. The van der Waals surface area contributed by atoms with E-state index in [9.17, 15) is 19.7 Å². The van der Waals surface area contributed by atoms with E-state index in [0.717, 1.165) is 11.6 Å². The molecular formula is C20H20N2O6. The van der Waals surface area contributed by atoms with Crippen molar-refractivity contribution < 1.29 is 24.0 Å². The van der Waals surface area contributed by atoms with Crippen LogP contribution in [-0.2, 0) is 20.9 Å². The number of methoxy groups -OCH3 is 1. The molecule has 0 aliphatic carbocycles. The standard InChI is InChI=1S/C20H20N2O6/c1-14(20(24)21-13-15-7-10-17(27-2)11-8-15)28-19(23)12-9-16-5-3-4-6-18(16)22(25)26/h3-12,14H,13H2,1-2H3,(H,21,24)/b12-9+/t14-/m1/s1. The van der Waals surface area contributed by atoms with Gasteiger partial charge in [0.25, 0.3) is 11.6 Å². The van der Waals surface area contributed by atoms with Crippen LogP contribution in [0.15, 0.2) is 54.6 Å². The largest absolute Gasteiger partial charge is 0.497 e. The molecule has 8 nitrogen and oxygen atoms in total. The summed E-state index contributed by atoms with van der Waals surface area (Å²) in [5, 5.41) is 13.6. The summed E-state index contributed by atoms with van der Waals surface area (Å²) in [7, 11) is 1.57. The lowest BCUT2D eigenvalue weighted by molar-refractivity contribution is -0.385. The van der Waals surface area contributed by atoms with E-state index in [1.54, 1.807) is 25.3 Å². The highest BCUT2D eigenvalue weighted by molar-refractivity contribution is 5.90. The van der Waals surface area contributed by atoms with Crippen LogP contribution < -0.4 is 10.1 Å². The van der Waals surface area contributed by atoms with Crippen LogP contribution in [0.5, 0.6) is 5.75 Å². The second-order valence-electron chi connectivity index (χ2n) is 5.79. The Bertz CT molecular complexity index is 877. The molecular weight excluding hydrogens is 364 g/mol. The first kappa shape index (κ1) is 20.6. The summed E-state index contributed by atoms with van der Waals surface area (Å²) in [4.78, 5) is 34.4. The molecule has 0 saturated carbocycles. The zero-order valence-corrected chi connectivity index (χ0v) is 15.5. The van der Waals surface area contributed by atoms with Gasteiger partial charge >= 0.3 is 5.97 Å². The van der Waals surface area contributed by atoms with E-state index in [-0.39, 0.29) is 17.8 Å². The molecule has 146 valence electrons. The van der Waals surface area contributed by atoms with Crippen LogP contribution in [0.4, 0.5) is 5.69 Å². The monoisotopic (exact) mass is 384 g/mol.